The molecule has 3 nitrogen and oxygen atoms in total. The van der Waals surface area contributed by atoms with Crippen molar-refractivity contribution in [3.05, 3.63) is 28.2 Å². The van der Waals surface area contributed by atoms with Crippen molar-refractivity contribution in [2.24, 2.45) is 0 Å². The van der Waals surface area contributed by atoms with E-state index in [1.165, 1.54) is 6.07 Å². The van der Waals surface area contributed by atoms with Gasteiger partial charge >= 0.3 is 6.18 Å². The van der Waals surface area contributed by atoms with Crippen molar-refractivity contribution >= 4 is 27.5 Å². The maximum Gasteiger partial charge on any atom is 0.416 e. The molecule has 0 bridgehead atoms. The highest BCUT2D eigenvalue weighted by atomic mass is 79.9. The average Bonchev–Trinajstić information content (AvgIpc) is 2.32. The van der Waals surface area contributed by atoms with E-state index in [0.717, 1.165) is 18.6 Å². The zero-order valence-electron chi connectivity index (χ0n) is 10.3. The number of anilines is 1. The molecule has 1 rings (SSSR count). The number of rotatable bonds is 5. The van der Waals surface area contributed by atoms with Crippen LogP contribution in [0.3, 0.4) is 0 Å². The van der Waals surface area contributed by atoms with Crippen LogP contribution in [-0.4, -0.2) is 19.0 Å². The average molecular weight is 339 g/mol. The number of amides is 1. The first kappa shape index (κ1) is 15.8. The summed E-state index contributed by atoms with van der Waals surface area (Å²) >= 11 is 3.01. The number of hydrogen-bond donors (Lipinski definition) is 2. The normalized spacial score (nSPS) is 11.2. The number of nitrogens with one attached hydrogen (secondary N) is 2. The summed E-state index contributed by atoms with van der Waals surface area (Å²) in [4.78, 5) is 11.3. The van der Waals surface area contributed by atoms with Gasteiger partial charge in [-0.05, 0) is 24.6 Å². The minimum atomic E-state index is -4.41. The van der Waals surface area contributed by atoms with Gasteiger partial charge in [-0.15, -0.1) is 0 Å². The molecule has 2 N–H and O–H groups in total. The minimum absolute atomic E-state index is 0.0618. The van der Waals surface area contributed by atoms with Crippen molar-refractivity contribution in [1.29, 1.82) is 0 Å². The molecular weight excluding hydrogens is 325 g/mol. The molecule has 0 aromatic heterocycles. The van der Waals surface area contributed by atoms with Crippen LogP contribution in [0.15, 0.2) is 22.7 Å². The maximum atomic E-state index is 12.6. The van der Waals surface area contributed by atoms with E-state index in [4.69, 9.17) is 0 Å². The number of halogens is 4. The van der Waals surface area contributed by atoms with Crippen molar-refractivity contribution < 1.29 is 18.0 Å². The van der Waals surface area contributed by atoms with Gasteiger partial charge in [0.25, 0.3) is 0 Å². The van der Waals surface area contributed by atoms with Crippen LogP contribution in [-0.2, 0) is 11.0 Å². The summed E-state index contributed by atoms with van der Waals surface area (Å²) in [6, 6.07) is 3.45. The summed E-state index contributed by atoms with van der Waals surface area (Å²) in [5.74, 6) is -0.254. The van der Waals surface area contributed by atoms with Gasteiger partial charge in [-0.25, -0.2) is 0 Å². The second-order valence-electron chi connectivity index (χ2n) is 3.93. The summed E-state index contributed by atoms with van der Waals surface area (Å²) in [6.45, 7) is 2.40. The molecule has 1 aromatic carbocycles. The second-order valence-corrected chi connectivity index (χ2v) is 4.85. The molecule has 1 amide bonds. The highest BCUT2D eigenvalue weighted by Crippen LogP contribution is 2.33. The zero-order chi connectivity index (χ0) is 14.5. The molecule has 0 aliphatic heterocycles. The predicted molar refractivity (Wildman–Crippen MR) is 70.9 cm³/mol. The molecule has 1 aromatic rings. The van der Waals surface area contributed by atoms with Crippen LogP contribution < -0.4 is 10.6 Å². The number of carbonyl (C=O) groups is 1. The molecule has 0 saturated heterocycles. The Hall–Kier alpha value is -1.24. The lowest BCUT2D eigenvalue weighted by atomic mass is 10.2. The molecule has 0 aliphatic carbocycles. The highest BCUT2D eigenvalue weighted by Gasteiger charge is 2.31. The van der Waals surface area contributed by atoms with Crippen LogP contribution >= 0.6 is 15.9 Å². The summed E-state index contributed by atoms with van der Waals surface area (Å²) in [5.41, 5.74) is -0.522. The summed E-state index contributed by atoms with van der Waals surface area (Å²) in [7, 11) is 0. The molecule has 0 saturated carbocycles. The van der Waals surface area contributed by atoms with E-state index in [1.54, 1.807) is 0 Å². The van der Waals surface area contributed by atoms with Gasteiger partial charge in [0.15, 0.2) is 0 Å². The van der Waals surface area contributed by atoms with Gasteiger partial charge in [0.05, 0.1) is 12.1 Å². The molecule has 19 heavy (non-hydrogen) atoms. The SMILES string of the molecule is CCCNC(=O)CNc1cc(Br)cc(C(F)(F)F)c1. The predicted octanol–water partition coefficient (Wildman–Crippen LogP) is 3.41. The van der Waals surface area contributed by atoms with Crippen molar-refractivity contribution in [3.8, 4) is 0 Å². The van der Waals surface area contributed by atoms with Crippen molar-refractivity contribution in [1.82, 2.24) is 5.32 Å². The summed E-state index contributed by atoms with van der Waals surface area (Å²) < 4.78 is 38.1. The molecule has 7 heteroatoms. The Morgan fingerprint density at radius 3 is 2.58 bits per heavy atom. The first-order chi connectivity index (χ1) is 8.82. The molecule has 106 valence electrons. The van der Waals surface area contributed by atoms with E-state index in [2.05, 4.69) is 26.6 Å². The molecule has 0 spiro atoms. The topological polar surface area (TPSA) is 41.1 Å². The monoisotopic (exact) mass is 338 g/mol. The Bertz CT molecular complexity index is 449. The standard InChI is InChI=1S/C12H14BrF3N2O/c1-2-3-17-11(19)7-18-10-5-8(12(14,15)16)4-9(13)6-10/h4-6,18H,2-3,7H2,1H3,(H,17,19). The van der Waals surface area contributed by atoms with Crippen molar-refractivity contribution in [2.75, 3.05) is 18.4 Å². The third-order valence-electron chi connectivity index (χ3n) is 2.25. The zero-order valence-corrected chi connectivity index (χ0v) is 11.9. The lowest BCUT2D eigenvalue weighted by Gasteiger charge is -2.11. The van der Waals surface area contributed by atoms with E-state index in [1.807, 2.05) is 6.92 Å². The van der Waals surface area contributed by atoms with Crippen molar-refractivity contribution in [2.45, 2.75) is 19.5 Å². The Morgan fingerprint density at radius 1 is 1.32 bits per heavy atom. The van der Waals surface area contributed by atoms with Crippen LogP contribution in [0.2, 0.25) is 0 Å². The Balaban J connectivity index is 2.69. The first-order valence-corrected chi connectivity index (χ1v) is 6.50. The number of carbonyl (C=O) groups excluding carboxylic acids is 1. The summed E-state index contributed by atoms with van der Waals surface area (Å²) in [5, 5.41) is 5.29. The van der Waals surface area contributed by atoms with Crippen LogP contribution in [0.4, 0.5) is 18.9 Å². The van der Waals surface area contributed by atoms with E-state index in [0.29, 0.717) is 11.0 Å². The number of benzene rings is 1. The van der Waals surface area contributed by atoms with Gasteiger partial charge < -0.3 is 10.6 Å². The van der Waals surface area contributed by atoms with Gasteiger partial charge in [-0.2, -0.15) is 13.2 Å². The Labute approximate surface area is 117 Å². The van der Waals surface area contributed by atoms with Crippen molar-refractivity contribution in [3.63, 3.8) is 0 Å². The molecule has 0 aliphatic rings. The Morgan fingerprint density at radius 2 is 2.00 bits per heavy atom. The number of hydrogen-bond acceptors (Lipinski definition) is 2. The molecular formula is C12H14BrF3N2O. The molecule has 0 atom stereocenters. The third kappa shape index (κ3) is 5.50. The molecule has 0 fully saturated rings. The molecule has 0 heterocycles. The minimum Gasteiger partial charge on any atom is -0.376 e. The van der Waals surface area contributed by atoms with E-state index < -0.39 is 11.7 Å². The fraction of sp³-hybridized carbons (Fsp3) is 0.417. The van der Waals surface area contributed by atoms with Crippen LogP contribution in [0.5, 0.6) is 0 Å². The van der Waals surface area contributed by atoms with Crippen LogP contribution in [0.1, 0.15) is 18.9 Å². The van der Waals surface area contributed by atoms with Gasteiger partial charge in [-0.1, -0.05) is 22.9 Å². The smallest absolute Gasteiger partial charge is 0.376 e. The quantitative estimate of drug-likeness (QED) is 0.863. The van der Waals surface area contributed by atoms with E-state index >= 15 is 0 Å². The lowest BCUT2D eigenvalue weighted by Crippen LogP contribution is -2.30. The molecule has 0 unspecified atom stereocenters. The Kier molecular flexibility index (Phi) is 5.65. The van der Waals surface area contributed by atoms with Gasteiger partial charge in [-0.3, -0.25) is 4.79 Å². The fourth-order valence-corrected chi connectivity index (χ4v) is 1.86. The fourth-order valence-electron chi connectivity index (χ4n) is 1.36. The van der Waals surface area contributed by atoms with Crippen LogP contribution in [0.25, 0.3) is 0 Å². The molecule has 0 radical (unpaired) electrons. The lowest BCUT2D eigenvalue weighted by molar-refractivity contribution is -0.137. The highest BCUT2D eigenvalue weighted by molar-refractivity contribution is 9.10. The third-order valence-corrected chi connectivity index (χ3v) is 2.71. The van der Waals surface area contributed by atoms with Gasteiger partial charge in [0.2, 0.25) is 5.91 Å². The second kappa shape index (κ2) is 6.79. The van der Waals surface area contributed by atoms with E-state index in [9.17, 15) is 18.0 Å². The van der Waals surface area contributed by atoms with E-state index in [-0.39, 0.29) is 18.1 Å². The maximum absolute atomic E-state index is 12.6. The largest absolute Gasteiger partial charge is 0.416 e. The number of alkyl halides is 3. The first-order valence-electron chi connectivity index (χ1n) is 5.71. The van der Waals surface area contributed by atoms with Crippen LogP contribution in [0, 0.1) is 0 Å². The van der Waals surface area contributed by atoms with Gasteiger partial charge in [0, 0.05) is 16.7 Å². The summed E-state index contributed by atoms with van der Waals surface area (Å²) in [6.07, 6.45) is -3.61. The van der Waals surface area contributed by atoms with Gasteiger partial charge in [0.1, 0.15) is 0 Å².